The molecule has 1 aromatic carbocycles. The molecular weight excluding hydrogens is 696 g/mol. The molecule has 298 valence electrons. The maximum Gasteiger partial charge on any atom is 1.00 e. The second kappa shape index (κ2) is 36.2. The van der Waals surface area contributed by atoms with Crippen LogP contribution < -0.4 is 29.6 Å². The van der Waals surface area contributed by atoms with Gasteiger partial charge in [0.25, 0.3) is 0 Å². The molecule has 0 atom stereocenters. The summed E-state index contributed by atoms with van der Waals surface area (Å²) in [7, 11) is -4.83. The molecule has 0 heterocycles. The van der Waals surface area contributed by atoms with Crippen LogP contribution in [0.5, 0.6) is 0 Å². The molecule has 1 rings (SSSR count). The van der Waals surface area contributed by atoms with Crippen molar-refractivity contribution in [3.8, 4) is 0 Å². The third-order valence-corrected chi connectivity index (χ3v) is 10.3. The molecule has 0 aliphatic heterocycles. The zero-order valence-electron chi connectivity index (χ0n) is 34.0. The fraction of sp³-hybridized carbons (Fsp3) is 0.727. The summed E-state index contributed by atoms with van der Waals surface area (Å²) in [5.74, 6) is -1.61. The summed E-state index contributed by atoms with van der Waals surface area (Å²) < 4.78 is 45.6. The van der Waals surface area contributed by atoms with Gasteiger partial charge in [-0.15, -0.1) is 0 Å². The van der Waals surface area contributed by atoms with Crippen LogP contribution in [0.25, 0.3) is 0 Å². The van der Waals surface area contributed by atoms with E-state index < -0.39 is 27.0 Å². The Morgan fingerprint density at radius 2 is 0.830 bits per heavy atom. The van der Waals surface area contributed by atoms with Crippen molar-refractivity contribution in [2.45, 2.75) is 199 Å². The first-order chi connectivity index (χ1) is 25.3. The summed E-state index contributed by atoms with van der Waals surface area (Å²) in [6, 6.07) is 3.08. The van der Waals surface area contributed by atoms with Gasteiger partial charge in [0.15, 0.2) is 0 Å². The van der Waals surface area contributed by atoms with Gasteiger partial charge in [0, 0.05) is 0 Å². The SMILES string of the molecule is CCCCCCCCCCCCC/C=C/CCCOC(=O)c1ccc(S(=O)(=O)[O-])cc1C(=O)OCCC/C=C/CCCCCCCCCCCCC.[Na+]. The number of carbonyl (C=O) groups is 2. The predicted molar refractivity (Wildman–Crippen MR) is 214 cm³/mol. The Morgan fingerprint density at radius 3 is 1.19 bits per heavy atom. The van der Waals surface area contributed by atoms with E-state index in [2.05, 4.69) is 38.2 Å². The molecule has 9 heteroatoms. The van der Waals surface area contributed by atoms with E-state index in [9.17, 15) is 22.6 Å². The van der Waals surface area contributed by atoms with E-state index in [-0.39, 0.29) is 53.9 Å². The van der Waals surface area contributed by atoms with E-state index >= 15 is 0 Å². The summed E-state index contributed by atoms with van der Waals surface area (Å²) in [6.07, 6.45) is 42.5. The molecule has 0 amide bonds. The number of hydrogen-bond donors (Lipinski definition) is 0. The molecule has 0 radical (unpaired) electrons. The van der Waals surface area contributed by atoms with Gasteiger partial charge in [-0.2, -0.15) is 0 Å². The van der Waals surface area contributed by atoms with Crippen LogP contribution in [0.4, 0.5) is 0 Å². The molecule has 0 bridgehead atoms. The minimum Gasteiger partial charge on any atom is -0.744 e. The summed E-state index contributed by atoms with van der Waals surface area (Å²) in [5.41, 5.74) is -0.392. The largest absolute Gasteiger partial charge is 1.00 e. The topological polar surface area (TPSA) is 110 Å². The number of carbonyl (C=O) groups excluding carboxylic acids is 2. The van der Waals surface area contributed by atoms with Crippen LogP contribution in [-0.2, 0) is 19.6 Å². The van der Waals surface area contributed by atoms with Gasteiger partial charge in [0.1, 0.15) is 10.1 Å². The average Bonchev–Trinajstić information content (AvgIpc) is 3.13. The Kier molecular flexibility index (Phi) is 35.2. The maximum absolute atomic E-state index is 12.9. The number of ether oxygens (including phenoxy) is 2. The standard InChI is InChI=1S/C44H74O7S.Na/c1-3-5-7-9-11-13-15-17-19-21-23-25-27-29-31-33-37-50-43(45)41-36-35-40(52(47,48)49)39-42(41)44(46)51-38-34-32-30-28-26-24-22-20-18-16-14-12-10-8-6-4-2;/h27-30,35-36,39H,3-26,31-34,37-38H2,1-2H3,(H,47,48,49);/q;+1/p-1/b29-27+,30-28+;. The predicted octanol–water partition coefficient (Wildman–Crippen LogP) is 9.98. The number of unbranched alkanes of at least 4 members (excludes halogenated alkanes) is 24. The van der Waals surface area contributed by atoms with Crippen LogP contribution >= 0.6 is 0 Å². The van der Waals surface area contributed by atoms with Gasteiger partial charge in [0.2, 0.25) is 0 Å². The fourth-order valence-electron chi connectivity index (χ4n) is 6.24. The van der Waals surface area contributed by atoms with Crippen molar-refractivity contribution in [3.05, 3.63) is 53.6 Å². The van der Waals surface area contributed by atoms with Gasteiger partial charge in [0.05, 0.1) is 29.2 Å². The van der Waals surface area contributed by atoms with Crippen molar-refractivity contribution in [3.63, 3.8) is 0 Å². The molecule has 7 nitrogen and oxygen atoms in total. The third kappa shape index (κ3) is 29.5. The zero-order valence-corrected chi connectivity index (χ0v) is 36.8. The first-order valence-corrected chi connectivity index (χ1v) is 22.5. The van der Waals surface area contributed by atoms with E-state index in [0.717, 1.165) is 43.9 Å². The van der Waals surface area contributed by atoms with Crippen LogP contribution in [0.3, 0.4) is 0 Å². The molecule has 0 fully saturated rings. The molecule has 1 aromatic rings. The van der Waals surface area contributed by atoms with Crippen LogP contribution in [0.15, 0.2) is 47.4 Å². The molecule has 0 aromatic heterocycles. The molecule has 53 heavy (non-hydrogen) atoms. The normalized spacial score (nSPS) is 11.7. The zero-order chi connectivity index (χ0) is 38.0. The maximum atomic E-state index is 12.9. The molecule has 0 saturated heterocycles. The summed E-state index contributed by atoms with van der Waals surface area (Å²) in [4.78, 5) is 25.1. The second-order valence-corrected chi connectivity index (χ2v) is 15.7. The number of allylic oxidation sites excluding steroid dienone is 4. The average molecular weight is 769 g/mol. The Balaban J connectivity index is 0.0000270. The van der Waals surface area contributed by atoms with Crippen molar-refractivity contribution in [2.24, 2.45) is 0 Å². The molecule has 0 aliphatic rings. The van der Waals surface area contributed by atoms with Crippen LogP contribution in [0, 0.1) is 0 Å². The smallest absolute Gasteiger partial charge is 0.744 e. The van der Waals surface area contributed by atoms with Crippen molar-refractivity contribution >= 4 is 22.1 Å². The summed E-state index contributed by atoms with van der Waals surface area (Å²) in [5, 5.41) is 0. The van der Waals surface area contributed by atoms with E-state index in [1.54, 1.807) is 0 Å². The second-order valence-electron chi connectivity index (χ2n) is 14.3. The summed E-state index contributed by atoms with van der Waals surface area (Å²) in [6.45, 7) is 4.77. The molecule has 0 saturated carbocycles. The summed E-state index contributed by atoms with van der Waals surface area (Å²) >= 11 is 0. The number of esters is 2. The fourth-order valence-corrected chi connectivity index (χ4v) is 6.73. The van der Waals surface area contributed by atoms with Crippen LogP contribution in [0.2, 0.25) is 0 Å². The first kappa shape index (κ1) is 51.5. The minimum absolute atomic E-state index is 0. The van der Waals surface area contributed by atoms with Crippen molar-refractivity contribution in [1.29, 1.82) is 0 Å². The molecule has 0 spiro atoms. The van der Waals surface area contributed by atoms with Crippen LogP contribution in [-0.4, -0.2) is 38.1 Å². The molecule has 0 aliphatic carbocycles. The number of benzene rings is 1. The minimum atomic E-state index is -4.83. The molecule has 0 unspecified atom stereocenters. The Hall–Kier alpha value is -1.45. The van der Waals surface area contributed by atoms with E-state index in [1.165, 1.54) is 141 Å². The third-order valence-electron chi connectivity index (χ3n) is 9.50. The Morgan fingerprint density at radius 1 is 0.509 bits per heavy atom. The van der Waals surface area contributed by atoms with Crippen LogP contribution in [0.1, 0.15) is 214 Å². The van der Waals surface area contributed by atoms with Gasteiger partial charge in [-0.1, -0.05) is 167 Å². The van der Waals surface area contributed by atoms with E-state index in [4.69, 9.17) is 9.47 Å². The number of rotatable bonds is 35. The first-order valence-electron chi connectivity index (χ1n) is 21.0. The van der Waals surface area contributed by atoms with Gasteiger partial charge < -0.3 is 14.0 Å². The van der Waals surface area contributed by atoms with Crippen molar-refractivity contribution in [2.75, 3.05) is 13.2 Å². The molecular formula is C44H73NaO7S. The monoisotopic (exact) mass is 768 g/mol. The molecule has 0 N–H and O–H groups in total. The Labute approximate surface area is 347 Å². The Bertz CT molecular complexity index is 1210. The van der Waals surface area contributed by atoms with Gasteiger partial charge in [-0.25, -0.2) is 18.0 Å². The van der Waals surface area contributed by atoms with Gasteiger partial charge >= 0.3 is 41.5 Å². The quantitative estimate of drug-likeness (QED) is 0.0222. The number of hydrogen-bond acceptors (Lipinski definition) is 7. The van der Waals surface area contributed by atoms with E-state index in [0.29, 0.717) is 12.8 Å². The van der Waals surface area contributed by atoms with Crippen molar-refractivity contribution < 1.29 is 61.6 Å². The van der Waals surface area contributed by atoms with E-state index in [1.807, 2.05) is 0 Å². The van der Waals surface area contributed by atoms with Gasteiger partial charge in [-0.05, 0) is 69.6 Å². The van der Waals surface area contributed by atoms with Crippen molar-refractivity contribution in [1.82, 2.24) is 0 Å². The van der Waals surface area contributed by atoms with Gasteiger partial charge in [-0.3, -0.25) is 0 Å².